The Bertz CT molecular complexity index is 2490. The first-order valence-corrected chi connectivity index (χ1v) is 16.9. The van der Waals surface area contributed by atoms with Gasteiger partial charge in [0.2, 0.25) is 0 Å². The van der Waals surface area contributed by atoms with Gasteiger partial charge in [0.1, 0.15) is 35.1 Å². The van der Waals surface area contributed by atoms with Crippen LogP contribution in [0, 0.1) is 18.6 Å². The predicted molar refractivity (Wildman–Crippen MR) is 199 cm³/mol. The van der Waals surface area contributed by atoms with Crippen molar-refractivity contribution >= 4 is 28.8 Å². The molecular weight excluding hydrogens is 739 g/mol. The first kappa shape index (κ1) is 38.9. The van der Waals surface area contributed by atoms with Crippen LogP contribution in [0.1, 0.15) is 33.4 Å². The molecular formula is C41H33F5N4O6. The molecule has 4 aromatic carbocycles. The number of aryl methyl sites for hydroxylation is 1. The number of anilines is 1. The van der Waals surface area contributed by atoms with Crippen LogP contribution in [0.2, 0.25) is 0 Å². The van der Waals surface area contributed by atoms with Crippen molar-refractivity contribution < 1.29 is 41.0 Å². The average Bonchev–Trinajstić information content (AvgIpc) is 3.17. The lowest BCUT2D eigenvalue weighted by Gasteiger charge is -2.27. The van der Waals surface area contributed by atoms with Crippen molar-refractivity contribution in [2.24, 2.45) is 0 Å². The van der Waals surface area contributed by atoms with Gasteiger partial charge in [-0.15, -0.1) is 0 Å². The Morgan fingerprint density at radius 2 is 1.41 bits per heavy atom. The van der Waals surface area contributed by atoms with E-state index < -0.39 is 73.9 Å². The summed E-state index contributed by atoms with van der Waals surface area (Å²) in [7, 11) is 3.00. The number of ether oxygens (including phenoxy) is 3. The van der Waals surface area contributed by atoms with Gasteiger partial charge in [-0.25, -0.2) is 23.4 Å². The lowest BCUT2D eigenvalue weighted by atomic mass is 9.94. The van der Waals surface area contributed by atoms with E-state index in [0.717, 1.165) is 6.92 Å². The highest BCUT2D eigenvalue weighted by Gasteiger charge is 2.39. The van der Waals surface area contributed by atoms with Gasteiger partial charge in [-0.1, -0.05) is 54.6 Å². The second-order valence-electron chi connectivity index (χ2n) is 12.6. The third-order valence-corrected chi connectivity index (χ3v) is 8.83. The van der Waals surface area contributed by atoms with Crippen LogP contribution in [0.15, 0.2) is 101 Å². The highest BCUT2D eigenvalue weighted by atomic mass is 19.4. The maximum absolute atomic E-state index is 16.8. The van der Waals surface area contributed by atoms with E-state index in [0.29, 0.717) is 40.3 Å². The van der Waals surface area contributed by atoms with E-state index in [2.05, 4.69) is 4.98 Å². The summed E-state index contributed by atoms with van der Waals surface area (Å²) in [5.74, 6) is -3.09. The number of nitrogens with one attached hydrogen (secondary N) is 2. The zero-order chi connectivity index (χ0) is 40.1. The van der Waals surface area contributed by atoms with Gasteiger partial charge in [-0.2, -0.15) is 13.2 Å². The number of carbonyl (C=O) groups is 1. The Morgan fingerprint density at radius 3 is 1.96 bits per heavy atom. The molecule has 56 heavy (non-hydrogen) atoms. The largest absolute Gasteiger partial charge is 0.497 e. The third kappa shape index (κ3) is 8.46. The number of aromatic nitrogens is 3. The molecule has 0 aliphatic heterocycles. The summed E-state index contributed by atoms with van der Waals surface area (Å²) in [6, 6.07) is 23.5. The molecule has 6 rings (SSSR count). The maximum atomic E-state index is 16.8. The number of nitrogens with zero attached hydrogens (tertiary/aromatic N) is 2. The number of halogens is 5. The van der Waals surface area contributed by atoms with E-state index in [4.69, 9.17) is 14.2 Å². The second kappa shape index (κ2) is 16.3. The molecule has 0 fully saturated rings. The topological polar surface area (TPSA) is 127 Å². The molecule has 0 radical (unpaired) electrons. The number of aromatic amines is 2. The summed E-state index contributed by atoms with van der Waals surface area (Å²) in [5.41, 5.74) is -6.43. The van der Waals surface area contributed by atoms with Crippen LogP contribution >= 0.6 is 0 Å². The molecule has 0 saturated heterocycles. The molecule has 0 saturated carbocycles. The lowest BCUT2D eigenvalue weighted by Crippen LogP contribution is -2.25. The number of hydrogen-bond donors (Lipinski definition) is 2. The van der Waals surface area contributed by atoms with Crippen molar-refractivity contribution in [1.82, 2.24) is 15.0 Å². The van der Waals surface area contributed by atoms with E-state index in [1.54, 1.807) is 88.7 Å². The van der Waals surface area contributed by atoms with Gasteiger partial charge in [0.15, 0.2) is 5.82 Å². The number of alkyl halides is 3. The number of esters is 1. The molecule has 0 aliphatic carbocycles. The summed E-state index contributed by atoms with van der Waals surface area (Å²) in [6.45, 7) is 1.12. The number of H-pyrrole nitrogens is 2. The number of pyridine rings is 1. The quantitative estimate of drug-likeness (QED) is 0.0732. The number of carbonyl (C=O) groups excluding carboxylic acids is 1. The monoisotopic (exact) mass is 772 g/mol. The van der Waals surface area contributed by atoms with Crippen molar-refractivity contribution in [2.75, 3.05) is 19.1 Å². The fourth-order valence-electron chi connectivity index (χ4n) is 6.14. The van der Waals surface area contributed by atoms with Crippen LogP contribution in [0.3, 0.4) is 0 Å². The van der Waals surface area contributed by atoms with E-state index in [-0.39, 0.29) is 25.5 Å². The first-order valence-electron chi connectivity index (χ1n) is 16.9. The summed E-state index contributed by atoms with van der Waals surface area (Å²) in [5, 5.41) is -0.995. The third-order valence-electron chi connectivity index (χ3n) is 8.83. The number of benzene rings is 4. The second-order valence-corrected chi connectivity index (χ2v) is 12.6. The van der Waals surface area contributed by atoms with Crippen molar-refractivity contribution in [2.45, 2.75) is 32.8 Å². The molecule has 2 N–H and O–H groups in total. The summed E-state index contributed by atoms with van der Waals surface area (Å²) in [4.78, 5) is 47.7. The summed E-state index contributed by atoms with van der Waals surface area (Å²) >= 11 is 0. The highest BCUT2D eigenvalue weighted by Crippen LogP contribution is 2.44. The van der Waals surface area contributed by atoms with Gasteiger partial charge in [0.05, 0.1) is 31.0 Å². The van der Waals surface area contributed by atoms with Crippen LogP contribution in [0.4, 0.5) is 27.8 Å². The van der Waals surface area contributed by atoms with Crippen LogP contribution in [0.25, 0.3) is 28.2 Å². The fourth-order valence-corrected chi connectivity index (χ4v) is 6.14. The van der Waals surface area contributed by atoms with E-state index >= 15 is 22.0 Å². The van der Waals surface area contributed by atoms with Gasteiger partial charge in [0, 0.05) is 30.3 Å². The zero-order valence-electron chi connectivity index (χ0n) is 30.1. The van der Waals surface area contributed by atoms with Gasteiger partial charge < -0.3 is 24.1 Å². The van der Waals surface area contributed by atoms with E-state index in [1.165, 1.54) is 20.3 Å². The molecule has 0 aliphatic rings. The Labute approximate surface area is 315 Å². The number of methoxy groups -OCH3 is 2. The Morgan fingerprint density at radius 1 is 0.821 bits per heavy atom. The SMILES string of the molecule is COc1ccc(CN(Cc2ccc(OC)cc2)c2cc(C)c(C(F)(F)F)c(-c3c(C=CC(=O)OCc4ccccc4)c(F)c4c(=O)[nH]c(=O)[nH]c4c3F)n2)cc1. The van der Waals surface area contributed by atoms with Gasteiger partial charge in [0.25, 0.3) is 5.56 Å². The Hall–Kier alpha value is -6.77. The number of rotatable bonds is 12. The predicted octanol–water partition coefficient (Wildman–Crippen LogP) is 7.86. The van der Waals surface area contributed by atoms with Crippen molar-refractivity contribution in [3.8, 4) is 22.8 Å². The van der Waals surface area contributed by atoms with E-state index in [9.17, 15) is 14.4 Å². The maximum Gasteiger partial charge on any atom is 0.418 e. The van der Waals surface area contributed by atoms with Gasteiger partial charge >= 0.3 is 17.8 Å². The lowest BCUT2D eigenvalue weighted by molar-refractivity contribution is -0.139. The van der Waals surface area contributed by atoms with E-state index in [1.807, 2.05) is 4.98 Å². The van der Waals surface area contributed by atoms with Crippen molar-refractivity contribution in [3.63, 3.8) is 0 Å². The first-order chi connectivity index (χ1) is 26.8. The van der Waals surface area contributed by atoms with Crippen LogP contribution in [0.5, 0.6) is 11.5 Å². The zero-order valence-corrected chi connectivity index (χ0v) is 30.1. The minimum absolute atomic E-state index is 0.0614. The highest BCUT2D eigenvalue weighted by molar-refractivity contribution is 5.95. The summed E-state index contributed by atoms with van der Waals surface area (Å²) < 4.78 is 94.2. The number of hydrogen-bond acceptors (Lipinski definition) is 8. The molecule has 288 valence electrons. The van der Waals surface area contributed by atoms with Gasteiger partial charge in [-0.3, -0.25) is 9.78 Å². The van der Waals surface area contributed by atoms with Gasteiger partial charge in [-0.05, 0) is 65.6 Å². The molecule has 0 unspecified atom stereocenters. The smallest absolute Gasteiger partial charge is 0.418 e. The van der Waals surface area contributed by atoms with Crippen LogP contribution < -0.4 is 25.6 Å². The molecule has 6 aromatic rings. The molecule has 15 heteroatoms. The average molecular weight is 773 g/mol. The molecule has 2 heterocycles. The Kier molecular flexibility index (Phi) is 11.3. The van der Waals surface area contributed by atoms with Crippen molar-refractivity contribution in [3.05, 3.63) is 157 Å². The normalized spacial score (nSPS) is 11.6. The standard InChI is InChI=1S/C41H33F5N4O6/c1-23-19-30(50(20-24-9-13-27(54-2)14-10-24)21-25-11-15-28(55-3)16-12-25)47-37(34(23)41(44,45)46)32-29(17-18-31(51)56-22-26-7-5-4-6-8-26)35(42)33-38(36(32)43)48-40(53)49-39(33)52/h4-19H,20-22H2,1-3H3,(H2,48,49,52,53). The van der Waals surface area contributed by atoms with Crippen molar-refractivity contribution in [1.29, 1.82) is 0 Å². The minimum atomic E-state index is -5.17. The molecule has 2 aromatic heterocycles. The van der Waals surface area contributed by atoms with Crippen LogP contribution in [-0.2, 0) is 35.4 Å². The molecule has 0 atom stereocenters. The molecule has 0 bridgehead atoms. The number of fused-ring (bicyclic) bond motifs is 1. The Balaban J connectivity index is 1.57. The fraction of sp³-hybridized carbons (Fsp3) is 0.171. The minimum Gasteiger partial charge on any atom is -0.497 e. The summed E-state index contributed by atoms with van der Waals surface area (Å²) in [6.07, 6.45) is -3.77. The van der Waals surface area contributed by atoms with Crippen LogP contribution in [-0.4, -0.2) is 35.1 Å². The molecule has 0 amide bonds. The molecule has 0 spiro atoms. The molecule has 10 nitrogen and oxygen atoms in total.